The predicted octanol–water partition coefficient (Wildman–Crippen LogP) is 9.06. The van der Waals surface area contributed by atoms with Crippen LogP contribution in [-0.2, 0) is 0 Å². The minimum absolute atomic E-state index is 0.690. The van der Waals surface area contributed by atoms with E-state index in [1.54, 1.807) is 0 Å². The Morgan fingerprint density at radius 2 is 1.05 bits per heavy atom. The standard InChI is InChI=1S/C35H23N3O/c1-5-13-30-24(9-1)25-10-2-6-14-31(25)37(30)22-17-18-34-28(19-22)29-20-23(21-36-35(29)39-34)38-32-15-7-3-11-26(32)27-12-4-8-16-33(27)38/h1-20,36H,21H2. The van der Waals surface area contributed by atoms with Crippen molar-refractivity contribution in [3.8, 4) is 5.69 Å². The summed E-state index contributed by atoms with van der Waals surface area (Å²) in [7, 11) is 0. The Hall–Kier alpha value is -5.22. The van der Waals surface area contributed by atoms with Crippen LogP contribution in [0.15, 0.2) is 120 Å². The van der Waals surface area contributed by atoms with Crippen molar-refractivity contribution in [2.75, 3.05) is 11.9 Å². The highest BCUT2D eigenvalue weighted by molar-refractivity contribution is 6.12. The van der Waals surface area contributed by atoms with E-state index in [1.807, 2.05) is 0 Å². The maximum atomic E-state index is 6.30. The summed E-state index contributed by atoms with van der Waals surface area (Å²) in [4.78, 5) is 0. The van der Waals surface area contributed by atoms with E-state index in [9.17, 15) is 0 Å². The molecule has 1 aliphatic rings. The number of hydrogen-bond donors (Lipinski definition) is 1. The Labute approximate surface area is 224 Å². The van der Waals surface area contributed by atoms with Crippen LogP contribution >= 0.6 is 0 Å². The Morgan fingerprint density at radius 1 is 0.538 bits per heavy atom. The summed E-state index contributed by atoms with van der Waals surface area (Å²) in [5.41, 5.74) is 9.14. The first-order valence-corrected chi connectivity index (χ1v) is 13.3. The number of nitrogens with one attached hydrogen (secondary N) is 1. The van der Waals surface area contributed by atoms with Crippen molar-refractivity contribution in [2.24, 2.45) is 0 Å². The third kappa shape index (κ3) is 2.83. The van der Waals surface area contributed by atoms with Gasteiger partial charge in [-0.3, -0.25) is 0 Å². The molecule has 3 aromatic heterocycles. The molecule has 184 valence electrons. The van der Waals surface area contributed by atoms with Crippen molar-refractivity contribution in [3.63, 3.8) is 0 Å². The van der Waals surface area contributed by atoms with E-state index in [-0.39, 0.29) is 0 Å². The van der Waals surface area contributed by atoms with Gasteiger partial charge in [0.2, 0.25) is 5.88 Å². The number of nitrogens with zero attached hydrogens (tertiary/aromatic N) is 2. The molecule has 0 spiro atoms. The van der Waals surface area contributed by atoms with Crippen LogP contribution in [0.5, 0.6) is 0 Å². The van der Waals surface area contributed by atoms with Crippen molar-refractivity contribution < 1.29 is 4.42 Å². The van der Waals surface area contributed by atoms with Crippen molar-refractivity contribution in [1.82, 2.24) is 9.13 Å². The molecule has 0 saturated heterocycles. The number of aromatic nitrogens is 2. The predicted molar refractivity (Wildman–Crippen MR) is 163 cm³/mol. The molecule has 9 rings (SSSR count). The number of fused-ring (bicyclic) bond motifs is 9. The van der Waals surface area contributed by atoms with E-state index in [0.29, 0.717) is 6.54 Å². The minimum Gasteiger partial charge on any atom is -0.440 e. The molecule has 4 heterocycles. The lowest BCUT2D eigenvalue weighted by Crippen LogP contribution is -2.13. The van der Waals surface area contributed by atoms with Gasteiger partial charge < -0.3 is 18.9 Å². The van der Waals surface area contributed by atoms with Gasteiger partial charge in [-0.05, 0) is 48.5 Å². The number of rotatable bonds is 2. The van der Waals surface area contributed by atoms with E-state index < -0.39 is 0 Å². The quantitative estimate of drug-likeness (QED) is 0.256. The first-order chi connectivity index (χ1) is 19.3. The molecule has 1 aliphatic heterocycles. The van der Waals surface area contributed by atoms with Gasteiger partial charge in [0, 0.05) is 43.9 Å². The summed E-state index contributed by atoms with van der Waals surface area (Å²) >= 11 is 0. The van der Waals surface area contributed by atoms with Gasteiger partial charge in [-0.15, -0.1) is 0 Å². The molecule has 4 nitrogen and oxygen atoms in total. The zero-order chi connectivity index (χ0) is 25.5. The Bertz CT molecular complexity index is 2190. The summed E-state index contributed by atoms with van der Waals surface area (Å²) in [6, 6.07) is 41.1. The van der Waals surface area contributed by atoms with Crippen LogP contribution in [0, 0.1) is 0 Å². The van der Waals surface area contributed by atoms with Gasteiger partial charge in [-0.2, -0.15) is 0 Å². The SMILES string of the molecule is C1=C(n2c3ccccc3c3ccccc32)CNc2oc3ccc(-n4c5ccccc5c5ccccc54)cc3c21. The second kappa shape index (κ2) is 7.65. The second-order valence-corrected chi connectivity index (χ2v) is 10.3. The monoisotopic (exact) mass is 501 g/mol. The highest BCUT2D eigenvalue weighted by atomic mass is 16.3. The normalized spacial score (nSPS) is 13.4. The molecule has 0 radical (unpaired) electrons. The van der Waals surface area contributed by atoms with Crippen molar-refractivity contribution in [3.05, 3.63) is 121 Å². The number of benzene rings is 5. The van der Waals surface area contributed by atoms with Crippen molar-refractivity contribution >= 4 is 72.2 Å². The molecule has 8 aromatic rings. The fraction of sp³-hybridized carbons (Fsp3) is 0.0286. The topological polar surface area (TPSA) is 35.0 Å². The van der Waals surface area contributed by atoms with Gasteiger partial charge in [-0.1, -0.05) is 72.8 Å². The Balaban J connectivity index is 1.29. The Kier molecular flexibility index (Phi) is 4.08. The van der Waals surface area contributed by atoms with Crippen LogP contribution < -0.4 is 5.32 Å². The summed E-state index contributed by atoms with van der Waals surface area (Å²) < 4.78 is 11.0. The third-order valence-electron chi connectivity index (χ3n) is 8.16. The Morgan fingerprint density at radius 3 is 1.62 bits per heavy atom. The summed E-state index contributed by atoms with van der Waals surface area (Å²) in [5, 5.41) is 9.74. The average Bonchev–Trinajstić information content (AvgIpc) is 3.64. The second-order valence-electron chi connectivity index (χ2n) is 10.3. The molecule has 0 saturated carbocycles. The van der Waals surface area contributed by atoms with Crippen LogP contribution in [0.25, 0.3) is 72.0 Å². The van der Waals surface area contributed by atoms with E-state index >= 15 is 0 Å². The number of anilines is 1. The van der Waals surface area contributed by atoms with E-state index in [4.69, 9.17) is 4.42 Å². The molecular formula is C35H23N3O. The average molecular weight is 502 g/mol. The summed E-state index contributed by atoms with van der Waals surface area (Å²) in [6.07, 6.45) is 2.30. The molecule has 0 atom stereocenters. The van der Waals surface area contributed by atoms with Gasteiger partial charge in [-0.25, -0.2) is 0 Å². The van der Waals surface area contributed by atoms with Crippen LogP contribution in [0.2, 0.25) is 0 Å². The van der Waals surface area contributed by atoms with Crippen LogP contribution in [-0.4, -0.2) is 15.7 Å². The van der Waals surface area contributed by atoms with Gasteiger partial charge in [0.05, 0.1) is 28.6 Å². The molecule has 0 unspecified atom stereocenters. The highest BCUT2D eigenvalue weighted by Gasteiger charge is 2.22. The van der Waals surface area contributed by atoms with Crippen molar-refractivity contribution in [2.45, 2.75) is 0 Å². The number of hydrogen-bond acceptors (Lipinski definition) is 2. The van der Waals surface area contributed by atoms with Crippen LogP contribution in [0.1, 0.15) is 5.56 Å². The fourth-order valence-corrected chi connectivity index (χ4v) is 6.48. The van der Waals surface area contributed by atoms with E-state index in [2.05, 4.69) is 136 Å². The fourth-order valence-electron chi connectivity index (χ4n) is 6.48. The van der Waals surface area contributed by atoms with Gasteiger partial charge in [0.15, 0.2) is 0 Å². The van der Waals surface area contributed by atoms with Gasteiger partial charge >= 0.3 is 0 Å². The minimum atomic E-state index is 0.690. The highest BCUT2D eigenvalue weighted by Crippen LogP contribution is 2.40. The lowest BCUT2D eigenvalue weighted by molar-refractivity contribution is 0.628. The molecule has 5 aromatic carbocycles. The van der Waals surface area contributed by atoms with Crippen LogP contribution in [0.4, 0.5) is 5.88 Å². The molecular weight excluding hydrogens is 478 g/mol. The third-order valence-corrected chi connectivity index (χ3v) is 8.16. The van der Waals surface area contributed by atoms with E-state index in [0.717, 1.165) is 28.1 Å². The molecule has 0 amide bonds. The largest absolute Gasteiger partial charge is 0.440 e. The lowest BCUT2D eigenvalue weighted by atomic mass is 10.1. The summed E-state index contributed by atoms with van der Waals surface area (Å²) in [5.74, 6) is 0.828. The zero-order valence-corrected chi connectivity index (χ0v) is 21.1. The zero-order valence-electron chi connectivity index (χ0n) is 21.1. The summed E-state index contributed by atoms with van der Waals surface area (Å²) in [6.45, 7) is 0.690. The maximum absolute atomic E-state index is 6.30. The molecule has 0 aliphatic carbocycles. The molecule has 0 bridgehead atoms. The molecule has 0 fully saturated rings. The van der Waals surface area contributed by atoms with Crippen molar-refractivity contribution in [1.29, 1.82) is 0 Å². The smallest absolute Gasteiger partial charge is 0.201 e. The molecule has 4 heteroatoms. The van der Waals surface area contributed by atoms with Crippen LogP contribution in [0.3, 0.4) is 0 Å². The first-order valence-electron chi connectivity index (χ1n) is 13.3. The van der Waals surface area contributed by atoms with E-state index in [1.165, 1.54) is 49.3 Å². The van der Waals surface area contributed by atoms with Gasteiger partial charge in [0.25, 0.3) is 0 Å². The first kappa shape index (κ1) is 20.8. The molecule has 1 N–H and O–H groups in total. The lowest BCUT2D eigenvalue weighted by Gasteiger charge is -2.18. The maximum Gasteiger partial charge on any atom is 0.201 e. The molecule has 39 heavy (non-hydrogen) atoms. The van der Waals surface area contributed by atoms with Gasteiger partial charge in [0.1, 0.15) is 5.58 Å². The number of furan rings is 1. The number of para-hydroxylation sites is 4.